The third-order valence-corrected chi connectivity index (χ3v) is 5.15. The maximum Gasteiger partial charge on any atom is 0.228 e. The molecule has 2 rings (SSSR count). The molecule has 1 atom stereocenters. The molecule has 1 aliphatic rings. The largest absolute Gasteiger partial charge is 0.336 e. The Hall–Kier alpha value is -0.390. The van der Waals surface area contributed by atoms with Crippen LogP contribution in [-0.2, 0) is 11.2 Å². The molecular formula is C13H19BrN2OS. The molecule has 0 radical (unpaired) electrons. The Kier molecular flexibility index (Phi) is 4.14. The van der Waals surface area contributed by atoms with E-state index in [1.807, 2.05) is 17.0 Å². The molecule has 1 unspecified atom stereocenters. The van der Waals surface area contributed by atoms with Crippen molar-refractivity contribution >= 4 is 33.2 Å². The Bertz CT molecular complexity index is 444. The Labute approximate surface area is 120 Å². The number of nitrogens with two attached hydrogens (primary N) is 1. The van der Waals surface area contributed by atoms with Crippen molar-refractivity contribution in [3.63, 3.8) is 0 Å². The van der Waals surface area contributed by atoms with Gasteiger partial charge in [-0.15, -0.1) is 11.3 Å². The minimum Gasteiger partial charge on any atom is -0.336 e. The van der Waals surface area contributed by atoms with Crippen molar-refractivity contribution in [3.8, 4) is 0 Å². The lowest BCUT2D eigenvalue weighted by atomic mass is 9.88. The minimum absolute atomic E-state index is 0.0680. The lowest BCUT2D eigenvalue weighted by Crippen LogP contribution is -2.57. The monoisotopic (exact) mass is 330 g/mol. The van der Waals surface area contributed by atoms with Gasteiger partial charge in [0.2, 0.25) is 5.91 Å². The molecular weight excluding hydrogens is 312 g/mol. The van der Waals surface area contributed by atoms with E-state index in [2.05, 4.69) is 29.8 Å². The van der Waals surface area contributed by atoms with E-state index in [4.69, 9.17) is 5.73 Å². The van der Waals surface area contributed by atoms with Gasteiger partial charge in [0.1, 0.15) is 0 Å². The number of piperidine rings is 1. The number of hydrogen-bond acceptors (Lipinski definition) is 3. The van der Waals surface area contributed by atoms with Crippen molar-refractivity contribution in [2.45, 2.75) is 44.7 Å². The Morgan fingerprint density at radius 2 is 2.33 bits per heavy atom. The van der Waals surface area contributed by atoms with Crippen LogP contribution in [0, 0.1) is 0 Å². The highest BCUT2D eigenvalue weighted by Crippen LogP contribution is 2.29. The van der Waals surface area contributed by atoms with Gasteiger partial charge in [0.15, 0.2) is 0 Å². The van der Waals surface area contributed by atoms with Gasteiger partial charge >= 0.3 is 0 Å². The first-order valence-corrected chi connectivity index (χ1v) is 7.80. The number of hydrogen-bond donors (Lipinski definition) is 1. The molecule has 1 aliphatic heterocycles. The van der Waals surface area contributed by atoms with Crippen LogP contribution in [0.15, 0.2) is 15.9 Å². The highest BCUT2D eigenvalue weighted by molar-refractivity contribution is 9.11. The Morgan fingerprint density at radius 1 is 1.61 bits per heavy atom. The summed E-state index contributed by atoms with van der Waals surface area (Å²) in [4.78, 5) is 15.5. The first-order valence-electron chi connectivity index (χ1n) is 6.19. The first-order chi connectivity index (χ1) is 8.38. The molecule has 2 heterocycles. The van der Waals surface area contributed by atoms with Gasteiger partial charge in [-0.2, -0.15) is 0 Å². The summed E-state index contributed by atoms with van der Waals surface area (Å²) in [7, 11) is 0. The molecule has 0 bridgehead atoms. The first kappa shape index (κ1) is 14.0. The van der Waals surface area contributed by atoms with Gasteiger partial charge in [0, 0.05) is 23.0 Å². The third kappa shape index (κ3) is 3.13. The molecule has 5 heteroatoms. The Morgan fingerprint density at radius 3 is 2.94 bits per heavy atom. The number of halogens is 1. The zero-order valence-corrected chi connectivity index (χ0v) is 13.2. The summed E-state index contributed by atoms with van der Waals surface area (Å²) in [6.45, 7) is 4.93. The van der Waals surface area contributed by atoms with Crippen LogP contribution in [0.3, 0.4) is 0 Å². The lowest BCUT2D eigenvalue weighted by molar-refractivity contribution is -0.138. The fourth-order valence-corrected chi connectivity index (χ4v) is 3.85. The van der Waals surface area contributed by atoms with Crippen LogP contribution in [0.5, 0.6) is 0 Å². The maximum atomic E-state index is 12.4. The van der Waals surface area contributed by atoms with Crippen LogP contribution in [0.25, 0.3) is 0 Å². The van der Waals surface area contributed by atoms with Gasteiger partial charge in [-0.1, -0.05) is 0 Å². The number of carbonyl (C=O) groups excluding carboxylic acids is 1. The lowest BCUT2D eigenvalue weighted by Gasteiger charge is -2.44. The van der Waals surface area contributed by atoms with Crippen LogP contribution >= 0.6 is 27.3 Å². The second-order valence-corrected chi connectivity index (χ2v) is 8.05. The van der Waals surface area contributed by atoms with Crippen molar-refractivity contribution < 1.29 is 4.79 Å². The normalized spacial score (nSPS) is 23.1. The summed E-state index contributed by atoms with van der Waals surface area (Å²) in [6.07, 6.45) is 2.46. The molecule has 1 saturated heterocycles. The molecule has 100 valence electrons. The zero-order valence-electron chi connectivity index (χ0n) is 10.8. The van der Waals surface area contributed by atoms with E-state index in [1.54, 1.807) is 11.3 Å². The van der Waals surface area contributed by atoms with Crippen molar-refractivity contribution in [1.82, 2.24) is 4.90 Å². The summed E-state index contributed by atoms with van der Waals surface area (Å²) < 4.78 is 1.07. The molecule has 0 aromatic carbocycles. The highest BCUT2D eigenvalue weighted by Gasteiger charge is 2.35. The molecule has 0 spiro atoms. The summed E-state index contributed by atoms with van der Waals surface area (Å²) in [5.41, 5.74) is 5.91. The fraction of sp³-hybridized carbons (Fsp3) is 0.615. The molecule has 1 amide bonds. The average molecular weight is 331 g/mol. The molecule has 3 nitrogen and oxygen atoms in total. The van der Waals surface area contributed by atoms with Crippen LogP contribution < -0.4 is 5.73 Å². The van der Waals surface area contributed by atoms with Crippen molar-refractivity contribution in [1.29, 1.82) is 0 Å². The standard InChI is InChI=1S/C13H19BrN2OS/c1-13(2)6-5-9(15)8-16(13)12(17)7-10-3-4-11(14)18-10/h3-4,9H,5-8,15H2,1-2H3. The van der Waals surface area contributed by atoms with Crippen molar-refractivity contribution in [3.05, 3.63) is 20.8 Å². The number of amides is 1. The van der Waals surface area contributed by atoms with E-state index in [9.17, 15) is 4.79 Å². The van der Waals surface area contributed by atoms with Gasteiger partial charge in [-0.05, 0) is 54.8 Å². The van der Waals surface area contributed by atoms with Crippen LogP contribution in [0.1, 0.15) is 31.6 Å². The number of carbonyl (C=O) groups is 1. The molecule has 0 aliphatic carbocycles. The van der Waals surface area contributed by atoms with Crippen LogP contribution in [-0.4, -0.2) is 28.9 Å². The maximum absolute atomic E-state index is 12.4. The van der Waals surface area contributed by atoms with Crippen molar-refractivity contribution in [2.75, 3.05) is 6.54 Å². The third-order valence-electron chi connectivity index (χ3n) is 3.53. The number of rotatable bonds is 2. The zero-order chi connectivity index (χ0) is 13.3. The van der Waals surface area contributed by atoms with E-state index in [-0.39, 0.29) is 17.5 Å². The fourth-order valence-electron chi connectivity index (χ4n) is 2.38. The van der Waals surface area contributed by atoms with E-state index in [0.29, 0.717) is 13.0 Å². The van der Waals surface area contributed by atoms with E-state index in [0.717, 1.165) is 21.5 Å². The molecule has 2 N–H and O–H groups in total. The quantitative estimate of drug-likeness (QED) is 0.906. The predicted octanol–water partition coefficient (Wildman–Crippen LogP) is 2.78. The second kappa shape index (κ2) is 5.31. The van der Waals surface area contributed by atoms with Crippen LogP contribution in [0.2, 0.25) is 0 Å². The second-order valence-electron chi connectivity index (χ2n) is 5.50. The summed E-state index contributed by atoms with van der Waals surface area (Å²) in [6, 6.07) is 4.11. The van der Waals surface area contributed by atoms with Crippen molar-refractivity contribution in [2.24, 2.45) is 5.73 Å². The molecule has 1 aromatic rings. The van der Waals surface area contributed by atoms with E-state index < -0.39 is 0 Å². The van der Waals surface area contributed by atoms with Gasteiger partial charge in [0.05, 0.1) is 10.2 Å². The molecule has 1 fully saturated rings. The van der Waals surface area contributed by atoms with E-state index in [1.165, 1.54) is 0 Å². The smallest absolute Gasteiger partial charge is 0.228 e. The van der Waals surface area contributed by atoms with Gasteiger partial charge < -0.3 is 10.6 Å². The summed E-state index contributed by atoms with van der Waals surface area (Å²) in [5, 5.41) is 0. The Balaban J connectivity index is 2.07. The van der Waals surface area contributed by atoms with Gasteiger partial charge in [-0.3, -0.25) is 4.79 Å². The number of thiophene rings is 1. The average Bonchev–Trinajstić information content (AvgIpc) is 2.67. The topological polar surface area (TPSA) is 46.3 Å². The number of likely N-dealkylation sites (tertiary alicyclic amines) is 1. The molecule has 1 aromatic heterocycles. The predicted molar refractivity (Wildman–Crippen MR) is 78.7 cm³/mol. The highest BCUT2D eigenvalue weighted by atomic mass is 79.9. The SMILES string of the molecule is CC1(C)CCC(N)CN1C(=O)Cc1ccc(Br)s1. The minimum atomic E-state index is -0.0680. The summed E-state index contributed by atoms with van der Waals surface area (Å²) >= 11 is 5.04. The van der Waals surface area contributed by atoms with E-state index >= 15 is 0 Å². The number of nitrogens with zero attached hydrogens (tertiary/aromatic N) is 1. The van der Waals surface area contributed by atoms with Gasteiger partial charge in [-0.25, -0.2) is 0 Å². The van der Waals surface area contributed by atoms with Gasteiger partial charge in [0.25, 0.3) is 0 Å². The van der Waals surface area contributed by atoms with Crippen LogP contribution in [0.4, 0.5) is 0 Å². The summed E-state index contributed by atoms with van der Waals surface area (Å²) in [5.74, 6) is 0.185. The molecule has 0 saturated carbocycles. The molecule has 18 heavy (non-hydrogen) atoms.